The standard InChI is InChI=1S/C9H5Cl2FN4.ClH/c10-7-14-8(11)16-9(15-7)13-6-4-2-1-3-5(6)12;/h1-4H,(H,13,14,15,16);1H/p-1. The lowest BCUT2D eigenvalue weighted by Gasteiger charge is -2.05. The summed E-state index contributed by atoms with van der Waals surface area (Å²) in [5.74, 6) is -0.328. The first-order chi connectivity index (χ1) is 7.65. The van der Waals surface area contributed by atoms with Gasteiger partial charge in [-0.15, -0.1) is 0 Å². The van der Waals surface area contributed by atoms with Crippen LogP contribution < -0.4 is 17.7 Å². The first kappa shape index (κ1) is 13.9. The third-order valence-corrected chi connectivity index (χ3v) is 2.04. The smallest absolute Gasteiger partial charge is 0.232 e. The Hall–Kier alpha value is -1.17. The highest BCUT2D eigenvalue weighted by Crippen LogP contribution is 2.18. The SMILES string of the molecule is Fc1ccccc1Nc1nc(Cl)nc(Cl)n1.[Cl-]. The summed E-state index contributed by atoms with van der Waals surface area (Å²) in [6.07, 6.45) is 0. The highest BCUT2D eigenvalue weighted by Gasteiger charge is 2.05. The van der Waals surface area contributed by atoms with Crippen LogP contribution in [0.15, 0.2) is 24.3 Å². The fourth-order valence-electron chi connectivity index (χ4n) is 1.06. The van der Waals surface area contributed by atoms with Crippen LogP contribution in [-0.4, -0.2) is 15.0 Å². The van der Waals surface area contributed by atoms with Crippen LogP contribution in [0.2, 0.25) is 10.6 Å². The average molecular weight is 295 g/mol. The van der Waals surface area contributed by atoms with Crippen LogP contribution in [0, 0.1) is 5.82 Å². The molecule has 2 aromatic rings. The number of hydrogen-bond donors (Lipinski definition) is 1. The van der Waals surface area contributed by atoms with Crippen LogP contribution in [0.4, 0.5) is 16.0 Å². The quantitative estimate of drug-likeness (QED) is 0.851. The Morgan fingerprint density at radius 3 is 2.18 bits per heavy atom. The molecule has 0 atom stereocenters. The zero-order valence-corrected chi connectivity index (χ0v) is 10.4. The average Bonchev–Trinajstić information content (AvgIpc) is 2.20. The van der Waals surface area contributed by atoms with E-state index in [-0.39, 0.29) is 34.6 Å². The van der Waals surface area contributed by atoms with Gasteiger partial charge in [0.1, 0.15) is 5.82 Å². The number of hydrogen-bond acceptors (Lipinski definition) is 4. The fourth-order valence-corrected chi connectivity index (χ4v) is 1.43. The van der Waals surface area contributed by atoms with Crippen LogP contribution >= 0.6 is 23.2 Å². The van der Waals surface area contributed by atoms with Crippen molar-refractivity contribution in [2.24, 2.45) is 0 Å². The molecule has 1 N–H and O–H groups in total. The lowest BCUT2D eigenvalue weighted by Crippen LogP contribution is -3.00. The van der Waals surface area contributed by atoms with E-state index in [0.29, 0.717) is 0 Å². The van der Waals surface area contributed by atoms with E-state index in [2.05, 4.69) is 20.3 Å². The van der Waals surface area contributed by atoms with Crippen molar-refractivity contribution < 1.29 is 16.8 Å². The fraction of sp³-hybridized carbons (Fsp3) is 0. The second-order valence-corrected chi connectivity index (χ2v) is 3.48. The van der Waals surface area contributed by atoms with Gasteiger partial charge in [0.25, 0.3) is 0 Å². The maximum Gasteiger partial charge on any atom is 0.232 e. The molecule has 2 rings (SSSR count). The van der Waals surface area contributed by atoms with Crippen molar-refractivity contribution in [3.05, 3.63) is 40.6 Å². The molecule has 0 amide bonds. The van der Waals surface area contributed by atoms with Crippen LogP contribution in [0.3, 0.4) is 0 Å². The van der Waals surface area contributed by atoms with E-state index in [1.54, 1.807) is 18.2 Å². The topological polar surface area (TPSA) is 50.7 Å². The van der Waals surface area contributed by atoms with Gasteiger partial charge in [-0.25, -0.2) is 4.39 Å². The lowest BCUT2D eigenvalue weighted by atomic mass is 10.3. The summed E-state index contributed by atoms with van der Waals surface area (Å²) in [6.45, 7) is 0. The maximum atomic E-state index is 13.3. The zero-order chi connectivity index (χ0) is 11.5. The van der Waals surface area contributed by atoms with Crippen LogP contribution in [0.25, 0.3) is 0 Å². The van der Waals surface area contributed by atoms with E-state index in [9.17, 15) is 4.39 Å². The van der Waals surface area contributed by atoms with Crippen molar-refractivity contribution in [1.82, 2.24) is 15.0 Å². The van der Waals surface area contributed by atoms with Gasteiger partial charge in [-0.3, -0.25) is 0 Å². The third-order valence-electron chi connectivity index (χ3n) is 1.70. The van der Waals surface area contributed by atoms with Gasteiger partial charge in [-0.1, -0.05) is 12.1 Å². The molecule has 0 spiro atoms. The van der Waals surface area contributed by atoms with Crippen molar-refractivity contribution in [1.29, 1.82) is 0 Å². The largest absolute Gasteiger partial charge is 1.00 e. The minimum absolute atomic E-state index is 0. The number of nitrogens with one attached hydrogen (secondary N) is 1. The van der Waals surface area contributed by atoms with Gasteiger partial charge >= 0.3 is 0 Å². The molecule has 0 saturated carbocycles. The van der Waals surface area contributed by atoms with Crippen molar-refractivity contribution in [3.8, 4) is 0 Å². The van der Waals surface area contributed by atoms with E-state index >= 15 is 0 Å². The number of nitrogens with zero attached hydrogens (tertiary/aromatic N) is 3. The molecule has 0 radical (unpaired) electrons. The number of para-hydroxylation sites is 1. The molecule has 0 fully saturated rings. The van der Waals surface area contributed by atoms with Crippen LogP contribution in [0.5, 0.6) is 0 Å². The number of halogens is 4. The zero-order valence-electron chi connectivity index (χ0n) is 8.16. The van der Waals surface area contributed by atoms with Gasteiger partial charge in [-0.05, 0) is 35.3 Å². The molecule has 0 unspecified atom stereocenters. The van der Waals surface area contributed by atoms with E-state index in [0.717, 1.165) is 0 Å². The monoisotopic (exact) mass is 293 g/mol. The van der Waals surface area contributed by atoms with E-state index in [1.165, 1.54) is 6.07 Å². The summed E-state index contributed by atoms with van der Waals surface area (Å²) in [5.41, 5.74) is 0.237. The van der Waals surface area contributed by atoms with Gasteiger partial charge in [0.15, 0.2) is 0 Å². The summed E-state index contributed by atoms with van der Waals surface area (Å²) in [5, 5.41) is 2.53. The maximum absolute atomic E-state index is 13.3. The van der Waals surface area contributed by atoms with Gasteiger partial charge < -0.3 is 17.7 Å². The molecule has 8 heteroatoms. The number of aromatic nitrogens is 3. The molecule has 1 aromatic heterocycles. The number of rotatable bonds is 2. The molecule has 0 aliphatic heterocycles. The van der Waals surface area contributed by atoms with Gasteiger partial charge in [0.2, 0.25) is 16.5 Å². The Morgan fingerprint density at radius 2 is 1.59 bits per heavy atom. The van der Waals surface area contributed by atoms with Crippen molar-refractivity contribution in [2.45, 2.75) is 0 Å². The predicted octanol–water partition coefficient (Wildman–Crippen LogP) is 0.0651. The molecule has 0 saturated heterocycles. The first-order valence-electron chi connectivity index (χ1n) is 4.24. The van der Waals surface area contributed by atoms with Crippen molar-refractivity contribution >= 4 is 34.8 Å². The molecule has 17 heavy (non-hydrogen) atoms. The lowest BCUT2D eigenvalue weighted by molar-refractivity contribution is -0.00000390. The van der Waals surface area contributed by atoms with Crippen LogP contribution in [-0.2, 0) is 0 Å². The van der Waals surface area contributed by atoms with Crippen LogP contribution in [0.1, 0.15) is 0 Å². The highest BCUT2D eigenvalue weighted by atomic mass is 35.5. The molecule has 0 aliphatic rings. The number of benzene rings is 1. The second kappa shape index (κ2) is 5.95. The van der Waals surface area contributed by atoms with E-state index in [1.807, 2.05) is 0 Å². The molecule has 0 aliphatic carbocycles. The molecule has 1 heterocycles. The highest BCUT2D eigenvalue weighted by molar-refractivity contribution is 6.31. The summed E-state index contributed by atoms with van der Waals surface area (Å²) < 4.78 is 13.3. The Balaban J connectivity index is 0.00000144. The van der Waals surface area contributed by atoms with E-state index in [4.69, 9.17) is 23.2 Å². The minimum atomic E-state index is -0.421. The summed E-state index contributed by atoms with van der Waals surface area (Å²) in [7, 11) is 0. The second-order valence-electron chi connectivity index (χ2n) is 2.80. The molecule has 1 aromatic carbocycles. The van der Waals surface area contributed by atoms with E-state index < -0.39 is 5.82 Å². The summed E-state index contributed by atoms with van der Waals surface area (Å²) >= 11 is 11.2. The van der Waals surface area contributed by atoms with Gasteiger partial charge in [0.05, 0.1) is 5.69 Å². The third kappa shape index (κ3) is 3.66. The Labute approximate surface area is 113 Å². The molecular weight excluding hydrogens is 289 g/mol. The Kier molecular flexibility index (Phi) is 4.86. The van der Waals surface area contributed by atoms with Crippen molar-refractivity contribution in [3.63, 3.8) is 0 Å². The predicted molar refractivity (Wildman–Crippen MR) is 59.5 cm³/mol. The molecule has 0 bridgehead atoms. The summed E-state index contributed by atoms with van der Waals surface area (Å²) in [4.78, 5) is 11.1. The number of anilines is 2. The van der Waals surface area contributed by atoms with Crippen molar-refractivity contribution in [2.75, 3.05) is 5.32 Å². The molecule has 4 nitrogen and oxygen atoms in total. The van der Waals surface area contributed by atoms with Gasteiger partial charge in [-0.2, -0.15) is 15.0 Å². The molecular formula is C9H5Cl3FN4-. The minimum Gasteiger partial charge on any atom is -1.00 e. The molecule has 90 valence electrons. The Bertz CT molecular complexity index is 503. The van der Waals surface area contributed by atoms with Gasteiger partial charge in [0, 0.05) is 0 Å². The summed E-state index contributed by atoms with van der Waals surface area (Å²) in [6, 6.07) is 6.11. The normalized spacial score (nSPS) is 9.59. The first-order valence-corrected chi connectivity index (χ1v) is 4.99. The Morgan fingerprint density at radius 1 is 1.00 bits per heavy atom.